The third-order valence-corrected chi connectivity index (χ3v) is 3.14. The highest BCUT2D eigenvalue weighted by molar-refractivity contribution is 9.11. The van der Waals surface area contributed by atoms with Crippen LogP contribution in [-0.2, 0) is 11.2 Å². The lowest BCUT2D eigenvalue weighted by Gasteiger charge is -2.04. The van der Waals surface area contributed by atoms with Gasteiger partial charge in [0.05, 0.1) is 0 Å². The largest absolute Gasteiger partial charge is 0.481 e. The van der Waals surface area contributed by atoms with E-state index in [0.29, 0.717) is 6.42 Å². The Morgan fingerprint density at radius 2 is 1.85 bits per heavy atom. The van der Waals surface area contributed by atoms with Crippen LogP contribution in [0.5, 0.6) is 0 Å². The van der Waals surface area contributed by atoms with Gasteiger partial charge in [0.1, 0.15) is 0 Å². The number of halogens is 2. The zero-order valence-electron chi connectivity index (χ0n) is 6.76. The van der Waals surface area contributed by atoms with E-state index in [-0.39, 0.29) is 6.42 Å². The SMILES string of the molecule is O=C(O)CCc1c(Br)cccc1Br. The lowest BCUT2D eigenvalue weighted by Crippen LogP contribution is -1.98. The Balaban J connectivity index is 2.81. The van der Waals surface area contributed by atoms with Gasteiger partial charge in [-0.15, -0.1) is 0 Å². The highest BCUT2D eigenvalue weighted by Crippen LogP contribution is 2.26. The number of carboxylic acids is 1. The maximum absolute atomic E-state index is 10.4. The number of rotatable bonds is 3. The molecule has 0 aliphatic carbocycles. The summed E-state index contributed by atoms with van der Waals surface area (Å²) in [6, 6.07) is 5.71. The zero-order chi connectivity index (χ0) is 9.84. The first kappa shape index (κ1) is 10.7. The maximum Gasteiger partial charge on any atom is 0.303 e. The number of hydrogen-bond donors (Lipinski definition) is 1. The summed E-state index contributed by atoms with van der Waals surface area (Å²) in [7, 11) is 0. The van der Waals surface area contributed by atoms with Gasteiger partial charge in [0.25, 0.3) is 0 Å². The normalized spacial score (nSPS) is 10.0. The van der Waals surface area contributed by atoms with Crippen molar-refractivity contribution in [2.45, 2.75) is 12.8 Å². The summed E-state index contributed by atoms with van der Waals surface area (Å²) in [5.74, 6) is -0.775. The van der Waals surface area contributed by atoms with Gasteiger partial charge in [0.15, 0.2) is 0 Å². The minimum Gasteiger partial charge on any atom is -0.481 e. The summed E-state index contributed by atoms with van der Waals surface area (Å²) in [4.78, 5) is 10.4. The Bertz CT molecular complexity index is 303. The van der Waals surface area contributed by atoms with E-state index in [1.54, 1.807) is 0 Å². The van der Waals surface area contributed by atoms with Crippen molar-refractivity contribution in [2.75, 3.05) is 0 Å². The van der Waals surface area contributed by atoms with Gasteiger partial charge in [-0.3, -0.25) is 4.79 Å². The highest BCUT2D eigenvalue weighted by atomic mass is 79.9. The van der Waals surface area contributed by atoms with Gasteiger partial charge < -0.3 is 5.11 Å². The van der Waals surface area contributed by atoms with Crippen LogP contribution in [0.25, 0.3) is 0 Å². The van der Waals surface area contributed by atoms with Gasteiger partial charge in [-0.1, -0.05) is 37.9 Å². The van der Waals surface area contributed by atoms with Gasteiger partial charge >= 0.3 is 5.97 Å². The molecule has 0 amide bonds. The molecule has 0 fully saturated rings. The number of hydrogen-bond acceptors (Lipinski definition) is 1. The van der Waals surface area contributed by atoms with Crippen LogP contribution in [0.4, 0.5) is 0 Å². The first-order valence-electron chi connectivity index (χ1n) is 3.76. The van der Waals surface area contributed by atoms with Gasteiger partial charge in [0, 0.05) is 15.4 Å². The van der Waals surface area contributed by atoms with Crippen LogP contribution in [0.15, 0.2) is 27.1 Å². The van der Waals surface area contributed by atoms with Gasteiger partial charge in [-0.25, -0.2) is 0 Å². The Kier molecular flexibility index (Phi) is 3.93. The second-order valence-corrected chi connectivity index (χ2v) is 4.30. The van der Waals surface area contributed by atoms with Crippen molar-refractivity contribution in [3.63, 3.8) is 0 Å². The molecular formula is C9H8Br2O2. The molecule has 0 saturated carbocycles. The van der Waals surface area contributed by atoms with Crippen LogP contribution in [0, 0.1) is 0 Å². The predicted octanol–water partition coefficient (Wildman–Crippen LogP) is 3.23. The lowest BCUT2D eigenvalue weighted by atomic mass is 10.1. The Labute approximate surface area is 93.2 Å². The molecule has 1 N–H and O–H groups in total. The van der Waals surface area contributed by atoms with Crippen LogP contribution in [0.3, 0.4) is 0 Å². The van der Waals surface area contributed by atoms with Crippen LogP contribution in [0.2, 0.25) is 0 Å². The molecule has 1 aromatic carbocycles. The zero-order valence-corrected chi connectivity index (χ0v) is 9.93. The van der Waals surface area contributed by atoms with Crippen molar-refractivity contribution < 1.29 is 9.90 Å². The fraction of sp³-hybridized carbons (Fsp3) is 0.222. The fourth-order valence-corrected chi connectivity index (χ4v) is 2.40. The quantitative estimate of drug-likeness (QED) is 0.931. The monoisotopic (exact) mass is 306 g/mol. The van der Waals surface area contributed by atoms with E-state index in [1.165, 1.54) is 0 Å². The molecule has 1 rings (SSSR count). The van der Waals surface area contributed by atoms with E-state index < -0.39 is 5.97 Å². The van der Waals surface area contributed by atoms with E-state index in [0.717, 1.165) is 14.5 Å². The molecule has 0 unspecified atom stereocenters. The van der Waals surface area contributed by atoms with E-state index in [2.05, 4.69) is 31.9 Å². The van der Waals surface area contributed by atoms with Crippen molar-refractivity contribution in [1.29, 1.82) is 0 Å². The molecule has 4 heteroatoms. The van der Waals surface area contributed by atoms with Crippen LogP contribution in [-0.4, -0.2) is 11.1 Å². The van der Waals surface area contributed by atoms with Crippen LogP contribution >= 0.6 is 31.9 Å². The molecule has 0 bridgehead atoms. The Hall–Kier alpha value is -0.350. The van der Waals surface area contributed by atoms with Crippen LogP contribution < -0.4 is 0 Å². The second kappa shape index (κ2) is 4.77. The average molecular weight is 308 g/mol. The predicted molar refractivity (Wildman–Crippen MR) is 57.8 cm³/mol. The molecule has 0 aliphatic rings. The molecule has 0 atom stereocenters. The standard InChI is InChI=1S/C9H8Br2O2/c10-7-2-1-3-8(11)6(7)4-5-9(12)13/h1-3H,4-5H2,(H,12,13). The molecule has 0 aliphatic heterocycles. The second-order valence-electron chi connectivity index (χ2n) is 2.59. The molecule has 0 radical (unpaired) electrons. The third-order valence-electron chi connectivity index (χ3n) is 1.65. The third kappa shape index (κ3) is 3.12. The summed E-state index contributed by atoms with van der Waals surface area (Å²) in [6.07, 6.45) is 0.693. The molecular weight excluding hydrogens is 300 g/mol. The van der Waals surface area contributed by atoms with Crippen molar-refractivity contribution in [2.24, 2.45) is 0 Å². The first-order chi connectivity index (χ1) is 6.11. The lowest BCUT2D eigenvalue weighted by molar-refractivity contribution is -0.136. The van der Waals surface area contributed by atoms with E-state index >= 15 is 0 Å². The molecule has 13 heavy (non-hydrogen) atoms. The summed E-state index contributed by atoms with van der Waals surface area (Å²) in [6.45, 7) is 0. The summed E-state index contributed by atoms with van der Waals surface area (Å²) >= 11 is 6.75. The average Bonchev–Trinajstić information content (AvgIpc) is 2.03. The molecule has 70 valence electrons. The topological polar surface area (TPSA) is 37.3 Å². The molecule has 0 heterocycles. The number of aliphatic carboxylic acids is 1. The van der Waals surface area contributed by atoms with Crippen molar-refractivity contribution in [3.05, 3.63) is 32.7 Å². The minimum absolute atomic E-state index is 0.154. The maximum atomic E-state index is 10.4. The number of carbonyl (C=O) groups is 1. The first-order valence-corrected chi connectivity index (χ1v) is 5.34. The molecule has 0 spiro atoms. The van der Waals surface area contributed by atoms with Gasteiger partial charge in [0.2, 0.25) is 0 Å². The van der Waals surface area contributed by atoms with Crippen molar-refractivity contribution in [3.8, 4) is 0 Å². The fourth-order valence-electron chi connectivity index (χ4n) is 1.00. The number of carboxylic acid groups (broad SMARTS) is 1. The molecule has 2 nitrogen and oxygen atoms in total. The Morgan fingerprint density at radius 3 is 2.31 bits per heavy atom. The summed E-state index contributed by atoms with van der Waals surface area (Å²) < 4.78 is 1.89. The smallest absolute Gasteiger partial charge is 0.303 e. The molecule has 1 aromatic rings. The summed E-state index contributed by atoms with van der Waals surface area (Å²) in [5, 5.41) is 8.53. The molecule has 0 aromatic heterocycles. The van der Waals surface area contributed by atoms with E-state index in [1.807, 2.05) is 18.2 Å². The van der Waals surface area contributed by atoms with E-state index in [9.17, 15) is 4.79 Å². The van der Waals surface area contributed by atoms with Crippen LogP contribution in [0.1, 0.15) is 12.0 Å². The van der Waals surface area contributed by atoms with Crippen molar-refractivity contribution >= 4 is 37.8 Å². The Morgan fingerprint density at radius 1 is 1.31 bits per heavy atom. The molecule has 0 saturated heterocycles. The van der Waals surface area contributed by atoms with Gasteiger partial charge in [-0.05, 0) is 24.1 Å². The van der Waals surface area contributed by atoms with E-state index in [4.69, 9.17) is 5.11 Å². The summed E-state index contributed by atoms with van der Waals surface area (Å²) in [5.41, 5.74) is 1.00. The number of benzene rings is 1. The van der Waals surface area contributed by atoms with Crippen molar-refractivity contribution in [1.82, 2.24) is 0 Å². The minimum atomic E-state index is -0.775. The highest BCUT2D eigenvalue weighted by Gasteiger charge is 2.06. The van der Waals surface area contributed by atoms with Gasteiger partial charge in [-0.2, -0.15) is 0 Å².